The number of carboxylic acids is 1. The third kappa shape index (κ3) is 11.8. The molecule has 10 rings (SSSR count). The number of aliphatic carboxylic acids is 1. The molecule has 0 bridgehead atoms. The molecule has 4 heterocycles. The number of carbonyl (C=O) groups is 8. The number of fused-ring (bicyclic) bond motifs is 4. The fraction of sp³-hybridized carbons (Fsp3) is 0.407. The van der Waals surface area contributed by atoms with Crippen LogP contribution in [0.4, 0.5) is 39.3 Å². The van der Waals surface area contributed by atoms with Gasteiger partial charge in [-0.2, -0.15) is 0 Å². The number of ether oxygens (including phenoxy) is 2. The van der Waals surface area contributed by atoms with Crippen LogP contribution in [0.25, 0.3) is 0 Å². The zero-order valence-electron chi connectivity index (χ0n) is 41.2. The average molecular weight is 1110 g/mol. The van der Waals surface area contributed by atoms with Gasteiger partial charge in [0.05, 0.1) is 16.1 Å². The quantitative estimate of drug-likeness (QED) is 0.0967. The van der Waals surface area contributed by atoms with E-state index in [-0.39, 0.29) is 67.7 Å². The predicted octanol–water partition coefficient (Wildman–Crippen LogP) is 9.31. The van der Waals surface area contributed by atoms with Crippen LogP contribution in [0, 0.1) is 11.6 Å². The van der Waals surface area contributed by atoms with Gasteiger partial charge < -0.3 is 46.1 Å². The number of benzene rings is 4. The molecule has 412 valence electrons. The summed E-state index contributed by atoms with van der Waals surface area (Å²) in [6, 6.07) is 18.9. The zero-order valence-corrected chi connectivity index (χ0v) is 42.7. The van der Waals surface area contributed by atoms with Crippen LogP contribution in [0.3, 0.4) is 0 Å². The lowest BCUT2D eigenvalue weighted by atomic mass is 9.94. The van der Waals surface area contributed by atoms with Crippen molar-refractivity contribution in [3.05, 3.63) is 128 Å². The molecule has 9 amide bonds. The van der Waals surface area contributed by atoms with E-state index >= 15 is 0 Å². The van der Waals surface area contributed by atoms with Crippen molar-refractivity contribution in [3.63, 3.8) is 0 Å². The Morgan fingerprint density at radius 1 is 0.675 bits per heavy atom. The molecular weight excluding hydrogens is 1050 g/mol. The number of carbonyl (C=O) groups excluding carboxylic acids is 7. The number of urea groups is 2. The number of imide groups is 2. The molecule has 0 radical (unpaired) electrons. The highest BCUT2D eigenvalue weighted by Crippen LogP contribution is 2.48. The molecule has 0 aromatic heterocycles. The lowest BCUT2D eigenvalue weighted by molar-refractivity contribution is -0.144. The Morgan fingerprint density at radius 2 is 1.16 bits per heavy atom. The van der Waals surface area contributed by atoms with Gasteiger partial charge in [0.2, 0.25) is 17.1 Å². The summed E-state index contributed by atoms with van der Waals surface area (Å²) in [4.78, 5) is 101. The highest BCUT2D eigenvalue weighted by atomic mass is 35.5. The van der Waals surface area contributed by atoms with Crippen LogP contribution in [0.1, 0.15) is 113 Å². The molecule has 2 spiro atoms. The molecule has 4 aromatic carbocycles. The number of amides is 9. The SMILES string of the molecule is C.C.CNC(=O)Nc1ccc2c(c1)CC[C@@]21OC(=O)N(CC(=O)N2[C@@H](C)CC[C@H]2c2ccc(F)c(Cl)c2)C1=O.CNC(=O)Nc1ccc2c(c1)CC[C@@]21OC(=O)N(CC(=O)O)C1=O.C[C@H]1CC[C@@H](c2ccc(F)c(Cl)c2)N1. The molecule has 4 aromatic rings. The number of nitrogens with one attached hydrogen (secondary N) is 5. The van der Waals surface area contributed by atoms with Gasteiger partial charge >= 0.3 is 30.2 Å². The van der Waals surface area contributed by atoms with Crippen molar-refractivity contribution >= 4 is 82.5 Å². The number of hydrogen-bond donors (Lipinski definition) is 6. The first-order chi connectivity index (χ1) is 35.7. The van der Waals surface area contributed by atoms with E-state index in [4.69, 9.17) is 37.8 Å². The number of rotatable bonds is 8. The fourth-order valence-corrected chi connectivity index (χ4v) is 10.9. The first-order valence-corrected chi connectivity index (χ1v) is 25.0. The number of halogens is 4. The summed E-state index contributed by atoms with van der Waals surface area (Å²) in [7, 11) is 3.00. The summed E-state index contributed by atoms with van der Waals surface area (Å²) in [5.74, 6) is -3.83. The zero-order chi connectivity index (χ0) is 54.1. The van der Waals surface area contributed by atoms with Gasteiger partial charge in [0.15, 0.2) is 0 Å². The molecule has 6 N–H and O–H groups in total. The number of likely N-dealkylation sites (tertiary alicyclic amines) is 1. The second kappa shape index (κ2) is 23.9. The van der Waals surface area contributed by atoms with Crippen molar-refractivity contribution in [2.45, 2.75) is 115 Å². The molecule has 0 saturated carbocycles. The van der Waals surface area contributed by atoms with E-state index in [0.29, 0.717) is 70.7 Å². The van der Waals surface area contributed by atoms with Crippen LogP contribution in [0.15, 0.2) is 72.8 Å². The van der Waals surface area contributed by atoms with Crippen molar-refractivity contribution in [1.29, 1.82) is 0 Å². The third-order valence-electron chi connectivity index (χ3n) is 14.3. The van der Waals surface area contributed by atoms with E-state index in [1.54, 1.807) is 59.5 Å². The first kappa shape index (κ1) is 58.9. The van der Waals surface area contributed by atoms with Gasteiger partial charge in [-0.05, 0) is 123 Å². The minimum Gasteiger partial charge on any atom is -0.480 e. The van der Waals surface area contributed by atoms with Gasteiger partial charge in [-0.3, -0.25) is 19.2 Å². The van der Waals surface area contributed by atoms with E-state index < -0.39 is 66.0 Å². The lowest BCUT2D eigenvalue weighted by Crippen LogP contribution is -2.46. The standard InChI is InChI=1S/C26H26ClFN4O5.C15H15N3O6.C11H13ClFN.2CH4/c1-14-3-8-21(16-4-7-20(28)19(27)12-16)32(14)22(33)13-31-23(34)26(37-25(31)36)10-9-15-11-17(5-6-18(15)26)30-24(35)29-2;1-16-13(22)17-9-2-3-10-8(6-9)4-5-15(10)12(21)18(7-11(19)20)14(23)24-15;1-7-2-5-11(14-7)8-3-4-10(13)9(12)6-8;;/h4-7,11-12,14,21H,3,8-10,13H2,1-2H3,(H2,29,30,35);2-3,6H,4-5,7H2,1H3,(H,19,20)(H2,16,17,22);3-4,6-7,11,14H,2,5H2,1H3;2*1H4/t14-,21-,26+;15-;7-,11-;;/m010../s1. The van der Waals surface area contributed by atoms with Gasteiger partial charge in [-0.15, -0.1) is 0 Å². The third-order valence-corrected chi connectivity index (χ3v) is 14.9. The van der Waals surface area contributed by atoms with E-state index in [0.717, 1.165) is 28.0 Å². The first-order valence-electron chi connectivity index (χ1n) is 24.2. The summed E-state index contributed by atoms with van der Waals surface area (Å²) in [5, 5.41) is 22.7. The van der Waals surface area contributed by atoms with Crippen molar-refractivity contribution < 1.29 is 61.7 Å². The molecule has 4 fully saturated rings. The molecule has 0 unspecified atom stereocenters. The Kier molecular flexibility index (Phi) is 18.3. The van der Waals surface area contributed by atoms with Crippen LogP contribution in [-0.2, 0) is 52.7 Å². The van der Waals surface area contributed by atoms with Crippen molar-refractivity contribution in [3.8, 4) is 0 Å². The van der Waals surface area contributed by atoms with Crippen LogP contribution in [0.5, 0.6) is 0 Å². The molecule has 6 atom stereocenters. The van der Waals surface area contributed by atoms with Crippen LogP contribution in [0.2, 0.25) is 10.0 Å². The smallest absolute Gasteiger partial charge is 0.418 e. The summed E-state index contributed by atoms with van der Waals surface area (Å²) >= 11 is 11.7. The minimum absolute atomic E-state index is 0. The van der Waals surface area contributed by atoms with Gasteiger partial charge in [-0.1, -0.05) is 62.3 Å². The Labute approximate surface area is 454 Å². The van der Waals surface area contributed by atoms with Gasteiger partial charge in [0.25, 0.3) is 11.8 Å². The number of carboxylic acid groups (broad SMARTS) is 1. The van der Waals surface area contributed by atoms with Crippen molar-refractivity contribution in [1.82, 2.24) is 30.7 Å². The largest absolute Gasteiger partial charge is 0.480 e. The van der Waals surface area contributed by atoms with Crippen molar-refractivity contribution in [2.75, 3.05) is 37.8 Å². The van der Waals surface area contributed by atoms with Crippen LogP contribution in [-0.4, -0.2) is 107 Å². The van der Waals surface area contributed by atoms with Gasteiger partial charge in [0, 0.05) is 67.6 Å². The number of nitrogens with zero attached hydrogens (tertiary/aromatic N) is 3. The van der Waals surface area contributed by atoms with Gasteiger partial charge in [0.1, 0.15) is 24.7 Å². The predicted molar refractivity (Wildman–Crippen MR) is 282 cm³/mol. The fourth-order valence-electron chi connectivity index (χ4n) is 10.6. The maximum Gasteiger partial charge on any atom is 0.418 e. The maximum atomic E-state index is 13.7. The van der Waals surface area contributed by atoms with Gasteiger partial charge in [-0.25, -0.2) is 37.8 Å². The summed E-state index contributed by atoms with van der Waals surface area (Å²) in [5.41, 5.74) is 2.55. The Bertz CT molecular complexity index is 3010. The summed E-state index contributed by atoms with van der Waals surface area (Å²) in [6.45, 7) is 2.86. The highest BCUT2D eigenvalue weighted by Gasteiger charge is 2.60. The number of aryl methyl sites for hydroxylation is 2. The van der Waals surface area contributed by atoms with Crippen molar-refractivity contribution in [2.24, 2.45) is 0 Å². The molecule has 19 nitrogen and oxygen atoms in total. The molecule has 6 aliphatic rings. The summed E-state index contributed by atoms with van der Waals surface area (Å²) < 4.78 is 37.5. The molecule has 23 heteroatoms. The molecule has 77 heavy (non-hydrogen) atoms. The van der Waals surface area contributed by atoms with E-state index in [2.05, 4.69) is 33.5 Å². The summed E-state index contributed by atoms with van der Waals surface area (Å²) in [6.07, 6.45) is 3.24. The molecule has 2 aliphatic carbocycles. The Balaban J connectivity index is 0.000000205. The average Bonchev–Trinajstić information content (AvgIpc) is 4.33. The monoisotopic (exact) mass is 1110 g/mol. The number of anilines is 2. The maximum absolute atomic E-state index is 13.7. The second-order valence-corrected chi connectivity index (χ2v) is 19.8. The topological polar surface area (TPSA) is 245 Å². The van der Waals surface area contributed by atoms with Crippen LogP contribution < -0.4 is 26.6 Å². The van der Waals surface area contributed by atoms with E-state index in [1.165, 1.54) is 38.7 Å². The second-order valence-electron chi connectivity index (χ2n) is 19.0. The van der Waals surface area contributed by atoms with E-state index in [1.807, 2.05) is 6.92 Å². The minimum atomic E-state index is -1.49. The normalized spacial score (nSPS) is 23.4. The Hall–Kier alpha value is -7.36. The Morgan fingerprint density at radius 3 is 1.61 bits per heavy atom. The van der Waals surface area contributed by atoms with Crippen LogP contribution >= 0.6 is 23.2 Å². The number of hydrogen-bond acceptors (Lipinski definition) is 11. The highest BCUT2D eigenvalue weighted by molar-refractivity contribution is 6.31. The molecule has 4 saturated heterocycles. The lowest BCUT2D eigenvalue weighted by Gasteiger charge is -2.30. The van der Waals surface area contributed by atoms with E-state index in [9.17, 15) is 47.1 Å². The molecular formula is C54H62Cl2F2N8O11. The molecule has 4 aliphatic heterocycles.